The van der Waals surface area contributed by atoms with Gasteiger partial charge in [-0.3, -0.25) is 4.79 Å². The number of amides is 1. The average Bonchev–Trinajstić information content (AvgIpc) is 2.52. The summed E-state index contributed by atoms with van der Waals surface area (Å²) in [5.41, 5.74) is 0.547. The lowest BCUT2D eigenvalue weighted by atomic mass is 10.0. The zero-order valence-electron chi connectivity index (χ0n) is 13.7. The lowest BCUT2D eigenvalue weighted by Crippen LogP contribution is -2.35. The van der Waals surface area contributed by atoms with Gasteiger partial charge in [0.25, 0.3) is 5.91 Å². The Kier molecular flexibility index (Phi) is 5.62. The van der Waals surface area contributed by atoms with E-state index in [0.29, 0.717) is 11.1 Å². The average molecular weight is 336 g/mol. The van der Waals surface area contributed by atoms with E-state index in [-0.39, 0.29) is 12.1 Å². The Morgan fingerprint density at radius 3 is 2.25 bits per heavy atom. The van der Waals surface area contributed by atoms with Crippen LogP contribution in [0.4, 0.5) is 13.2 Å². The van der Waals surface area contributed by atoms with Crippen LogP contribution in [0.5, 0.6) is 0 Å². The fraction of sp³-hybridized carbons (Fsp3) is 0.278. The molecule has 3 nitrogen and oxygen atoms in total. The summed E-state index contributed by atoms with van der Waals surface area (Å²) in [5, 5.41) is 2.64. The summed E-state index contributed by atoms with van der Waals surface area (Å²) < 4.78 is 41.2. The second-order valence-corrected chi connectivity index (χ2v) is 5.79. The number of benzene rings is 2. The van der Waals surface area contributed by atoms with Crippen molar-refractivity contribution in [1.29, 1.82) is 0 Å². The molecule has 6 heteroatoms. The quantitative estimate of drug-likeness (QED) is 0.907. The van der Waals surface area contributed by atoms with E-state index < -0.39 is 29.4 Å². The van der Waals surface area contributed by atoms with Gasteiger partial charge in [0.15, 0.2) is 0 Å². The maximum atomic E-state index is 14.0. The third kappa shape index (κ3) is 3.94. The highest BCUT2D eigenvalue weighted by molar-refractivity contribution is 5.94. The number of nitrogens with one attached hydrogen (secondary N) is 1. The van der Waals surface area contributed by atoms with Crippen LogP contribution in [0, 0.1) is 24.4 Å². The molecule has 0 radical (unpaired) electrons. The van der Waals surface area contributed by atoms with Gasteiger partial charge in [-0.05, 0) is 56.9 Å². The Labute approximate surface area is 139 Å². The normalized spacial score (nSPS) is 12.3. The van der Waals surface area contributed by atoms with Gasteiger partial charge in [0.2, 0.25) is 0 Å². The number of nitrogens with zero attached hydrogens (tertiary/aromatic N) is 1. The van der Waals surface area contributed by atoms with E-state index in [0.717, 1.165) is 0 Å². The van der Waals surface area contributed by atoms with Crippen LogP contribution in [0.15, 0.2) is 36.4 Å². The second-order valence-electron chi connectivity index (χ2n) is 5.79. The molecule has 0 fully saturated rings. The zero-order chi connectivity index (χ0) is 17.9. The predicted octanol–water partition coefficient (Wildman–Crippen LogP) is 3.45. The Morgan fingerprint density at radius 1 is 1.08 bits per heavy atom. The molecule has 2 aromatic carbocycles. The van der Waals surface area contributed by atoms with Crippen LogP contribution in [0.2, 0.25) is 0 Å². The Morgan fingerprint density at radius 2 is 1.71 bits per heavy atom. The van der Waals surface area contributed by atoms with E-state index in [1.165, 1.54) is 36.4 Å². The van der Waals surface area contributed by atoms with Crippen molar-refractivity contribution in [3.8, 4) is 0 Å². The molecule has 0 spiro atoms. The molecule has 0 saturated carbocycles. The molecule has 0 aliphatic heterocycles. The Bertz CT molecular complexity index is 727. The lowest BCUT2D eigenvalue weighted by molar-refractivity contribution is 0.0940. The van der Waals surface area contributed by atoms with E-state index >= 15 is 0 Å². The van der Waals surface area contributed by atoms with Gasteiger partial charge in [-0.2, -0.15) is 0 Å². The SMILES string of the molecule is Cc1cc(C(=O)NCC(c2c(F)cccc2F)N(C)C)ccc1F. The van der Waals surface area contributed by atoms with Crippen LogP contribution in [-0.4, -0.2) is 31.4 Å². The number of rotatable bonds is 5. The first-order valence-electron chi connectivity index (χ1n) is 7.46. The van der Waals surface area contributed by atoms with Crippen molar-refractivity contribution in [3.05, 3.63) is 70.5 Å². The van der Waals surface area contributed by atoms with Crippen LogP contribution in [-0.2, 0) is 0 Å². The van der Waals surface area contributed by atoms with Gasteiger partial charge in [-0.25, -0.2) is 13.2 Å². The van der Waals surface area contributed by atoms with Crippen molar-refractivity contribution in [1.82, 2.24) is 10.2 Å². The molecule has 1 unspecified atom stereocenters. The Hall–Kier alpha value is -2.34. The van der Waals surface area contributed by atoms with Gasteiger partial charge in [0.1, 0.15) is 17.5 Å². The third-order valence-electron chi connectivity index (χ3n) is 3.83. The van der Waals surface area contributed by atoms with Gasteiger partial charge in [-0.1, -0.05) is 6.07 Å². The summed E-state index contributed by atoms with van der Waals surface area (Å²) >= 11 is 0. The summed E-state index contributed by atoms with van der Waals surface area (Å²) in [4.78, 5) is 13.8. The fourth-order valence-electron chi connectivity index (χ4n) is 2.45. The molecule has 0 saturated heterocycles. The molecule has 0 aromatic heterocycles. The number of carbonyl (C=O) groups excluding carboxylic acids is 1. The molecule has 24 heavy (non-hydrogen) atoms. The first kappa shape index (κ1) is 18.0. The molecular formula is C18H19F3N2O. The van der Waals surface area contributed by atoms with Crippen molar-refractivity contribution < 1.29 is 18.0 Å². The molecule has 128 valence electrons. The van der Waals surface area contributed by atoms with E-state index in [1.807, 2.05) is 0 Å². The zero-order valence-corrected chi connectivity index (χ0v) is 13.7. The second kappa shape index (κ2) is 7.49. The first-order chi connectivity index (χ1) is 11.3. The summed E-state index contributed by atoms with van der Waals surface area (Å²) in [6.45, 7) is 1.57. The van der Waals surface area contributed by atoms with Crippen LogP contribution in [0.25, 0.3) is 0 Å². The van der Waals surface area contributed by atoms with E-state index in [2.05, 4.69) is 5.32 Å². The standard InChI is InChI=1S/C18H19F3N2O/c1-11-9-12(7-8-13(11)19)18(24)22-10-16(23(2)3)17-14(20)5-4-6-15(17)21/h4-9,16H,10H2,1-3H3,(H,22,24). The number of hydrogen-bond donors (Lipinski definition) is 1. The van der Waals surface area contributed by atoms with E-state index in [1.54, 1.807) is 25.9 Å². The first-order valence-corrected chi connectivity index (χ1v) is 7.46. The number of likely N-dealkylation sites (N-methyl/N-ethyl adjacent to an activating group) is 1. The van der Waals surface area contributed by atoms with Crippen molar-refractivity contribution >= 4 is 5.91 Å². The third-order valence-corrected chi connectivity index (χ3v) is 3.83. The number of hydrogen-bond acceptors (Lipinski definition) is 2. The highest BCUT2D eigenvalue weighted by atomic mass is 19.1. The monoisotopic (exact) mass is 336 g/mol. The van der Waals surface area contributed by atoms with Gasteiger partial charge in [0.05, 0.1) is 6.04 Å². The maximum absolute atomic E-state index is 14.0. The fourth-order valence-corrected chi connectivity index (χ4v) is 2.45. The minimum atomic E-state index is -0.670. The van der Waals surface area contributed by atoms with Gasteiger partial charge >= 0.3 is 0 Å². The highest BCUT2D eigenvalue weighted by Gasteiger charge is 2.23. The van der Waals surface area contributed by atoms with Crippen LogP contribution in [0.1, 0.15) is 27.5 Å². The highest BCUT2D eigenvalue weighted by Crippen LogP contribution is 2.24. The smallest absolute Gasteiger partial charge is 0.251 e. The summed E-state index contributed by atoms with van der Waals surface area (Å²) in [7, 11) is 3.34. The number of halogens is 3. The van der Waals surface area contributed by atoms with E-state index in [4.69, 9.17) is 0 Å². The molecule has 2 aromatic rings. The summed E-state index contributed by atoms with van der Waals surface area (Å²) in [5.74, 6) is -2.16. The summed E-state index contributed by atoms with van der Waals surface area (Å²) in [6.07, 6.45) is 0. The van der Waals surface area contributed by atoms with Crippen molar-refractivity contribution in [2.75, 3.05) is 20.6 Å². The van der Waals surface area contributed by atoms with E-state index in [9.17, 15) is 18.0 Å². The minimum Gasteiger partial charge on any atom is -0.350 e. The molecule has 1 atom stereocenters. The summed E-state index contributed by atoms with van der Waals surface area (Å²) in [6, 6.07) is 6.99. The van der Waals surface area contributed by atoms with Crippen molar-refractivity contribution in [2.24, 2.45) is 0 Å². The maximum Gasteiger partial charge on any atom is 0.251 e. The lowest BCUT2D eigenvalue weighted by Gasteiger charge is -2.26. The molecule has 2 rings (SSSR count). The molecule has 0 aliphatic carbocycles. The Balaban J connectivity index is 2.17. The molecule has 1 N–H and O–H groups in total. The molecule has 0 bridgehead atoms. The van der Waals surface area contributed by atoms with Gasteiger partial charge in [0, 0.05) is 17.7 Å². The molecule has 1 amide bonds. The molecule has 0 heterocycles. The number of aryl methyl sites for hydroxylation is 1. The van der Waals surface area contributed by atoms with Crippen molar-refractivity contribution in [2.45, 2.75) is 13.0 Å². The van der Waals surface area contributed by atoms with Crippen LogP contribution >= 0.6 is 0 Å². The van der Waals surface area contributed by atoms with Gasteiger partial charge < -0.3 is 10.2 Å². The van der Waals surface area contributed by atoms with Crippen LogP contribution in [0.3, 0.4) is 0 Å². The van der Waals surface area contributed by atoms with Crippen molar-refractivity contribution in [3.63, 3.8) is 0 Å². The predicted molar refractivity (Wildman–Crippen MR) is 86.3 cm³/mol. The number of carbonyl (C=O) groups is 1. The topological polar surface area (TPSA) is 32.3 Å². The minimum absolute atomic E-state index is 0.0140. The van der Waals surface area contributed by atoms with Crippen LogP contribution < -0.4 is 5.32 Å². The van der Waals surface area contributed by atoms with Gasteiger partial charge in [-0.15, -0.1) is 0 Å². The molecular weight excluding hydrogens is 317 g/mol. The molecule has 0 aliphatic rings. The largest absolute Gasteiger partial charge is 0.350 e.